The molecule has 30 heavy (non-hydrogen) atoms. The second-order valence-electron chi connectivity index (χ2n) is 8.91. The van der Waals surface area contributed by atoms with E-state index >= 15 is 0 Å². The Morgan fingerprint density at radius 2 is 1.80 bits per heavy atom. The zero-order valence-electron chi connectivity index (χ0n) is 17.1. The fraction of sp³-hybridized carbons (Fsp3) is 0.435. The lowest BCUT2D eigenvalue weighted by molar-refractivity contribution is -0.0803. The average Bonchev–Trinajstić information content (AvgIpc) is 3.08. The molecule has 1 N–H and O–H groups in total. The Bertz CT molecular complexity index is 1120. The highest BCUT2D eigenvalue weighted by Gasteiger charge is 2.67. The third-order valence-electron chi connectivity index (χ3n) is 7.05. The number of carbonyl (C=O) groups excluding carboxylic acids is 1. The minimum atomic E-state index is -1.88. The monoisotopic (exact) mass is 410 g/mol. The van der Waals surface area contributed by atoms with Gasteiger partial charge in [-0.25, -0.2) is 0 Å². The van der Waals surface area contributed by atoms with E-state index in [1.54, 1.807) is 24.3 Å². The zero-order chi connectivity index (χ0) is 21.0. The van der Waals surface area contributed by atoms with Gasteiger partial charge in [-0.2, -0.15) is 0 Å². The van der Waals surface area contributed by atoms with Crippen LogP contribution in [0.25, 0.3) is 0 Å². The van der Waals surface area contributed by atoms with Crippen molar-refractivity contribution in [3.63, 3.8) is 0 Å². The summed E-state index contributed by atoms with van der Waals surface area (Å²) in [5.41, 5.74) is -0.278. The van der Waals surface area contributed by atoms with E-state index in [0.29, 0.717) is 34.1 Å². The predicted molar refractivity (Wildman–Crippen MR) is 105 cm³/mol. The largest absolute Gasteiger partial charge is 0.493 e. The first-order valence-corrected chi connectivity index (χ1v) is 9.99. The summed E-state index contributed by atoms with van der Waals surface area (Å²) in [6.07, 6.45) is -0.783. The number of ether oxygens (including phenoxy) is 5. The van der Waals surface area contributed by atoms with Crippen molar-refractivity contribution in [2.24, 2.45) is 5.41 Å². The lowest BCUT2D eigenvalue weighted by Gasteiger charge is -2.43. The summed E-state index contributed by atoms with van der Waals surface area (Å²) < 4.78 is 28.9. The van der Waals surface area contributed by atoms with Crippen molar-refractivity contribution >= 4 is 5.78 Å². The van der Waals surface area contributed by atoms with Gasteiger partial charge >= 0.3 is 0 Å². The number of hydrogen-bond acceptors (Lipinski definition) is 7. The third kappa shape index (κ3) is 1.92. The number of Topliss-reactive ketones (excluding diaryl/α,β-unsaturated/α-hetero) is 1. The van der Waals surface area contributed by atoms with Crippen molar-refractivity contribution in [3.8, 4) is 28.7 Å². The Kier molecular flexibility index (Phi) is 3.22. The molecule has 0 saturated heterocycles. The molecule has 156 valence electrons. The van der Waals surface area contributed by atoms with Crippen molar-refractivity contribution < 1.29 is 33.6 Å². The van der Waals surface area contributed by atoms with Gasteiger partial charge < -0.3 is 28.8 Å². The summed E-state index contributed by atoms with van der Waals surface area (Å²) in [7, 11) is 3.02. The van der Waals surface area contributed by atoms with Gasteiger partial charge in [-0.1, -0.05) is 13.8 Å². The number of rotatable bonds is 2. The van der Waals surface area contributed by atoms with Gasteiger partial charge in [0.05, 0.1) is 19.8 Å². The highest BCUT2D eigenvalue weighted by Crippen LogP contribution is 2.69. The molecule has 1 aliphatic carbocycles. The molecule has 7 nitrogen and oxygen atoms in total. The van der Waals surface area contributed by atoms with E-state index in [2.05, 4.69) is 13.8 Å². The van der Waals surface area contributed by atoms with Crippen LogP contribution in [0, 0.1) is 5.41 Å². The van der Waals surface area contributed by atoms with E-state index in [1.807, 2.05) is 0 Å². The van der Waals surface area contributed by atoms with Crippen molar-refractivity contribution in [2.75, 3.05) is 20.8 Å². The number of hydrogen-bond donors (Lipinski definition) is 1. The van der Waals surface area contributed by atoms with Crippen LogP contribution in [-0.4, -0.2) is 43.9 Å². The third-order valence-corrected chi connectivity index (χ3v) is 7.05. The molecule has 4 aliphatic rings. The second-order valence-corrected chi connectivity index (χ2v) is 8.91. The highest BCUT2D eigenvalue weighted by atomic mass is 16.6. The SMILES string of the molecule is COc1cc2c(cc1OC)[C@]1(O)C(=O)c3ccc4c(c3O[C@H]1CO2)[C@@H]1[C@@H](O4)C1(C)C. The second kappa shape index (κ2) is 5.40. The van der Waals surface area contributed by atoms with E-state index in [0.717, 1.165) is 11.3 Å². The van der Waals surface area contributed by atoms with Gasteiger partial charge in [-0.15, -0.1) is 0 Å². The summed E-state index contributed by atoms with van der Waals surface area (Å²) in [5.74, 6) is 2.28. The van der Waals surface area contributed by atoms with E-state index in [1.165, 1.54) is 14.2 Å². The molecule has 1 fully saturated rings. The summed E-state index contributed by atoms with van der Waals surface area (Å²) in [4.78, 5) is 13.7. The topological polar surface area (TPSA) is 83.5 Å². The fourth-order valence-electron chi connectivity index (χ4n) is 5.23. The first-order valence-electron chi connectivity index (χ1n) is 9.99. The van der Waals surface area contributed by atoms with Crippen LogP contribution in [0.4, 0.5) is 0 Å². The molecule has 4 atom stereocenters. The smallest absolute Gasteiger partial charge is 0.206 e. The van der Waals surface area contributed by atoms with Crippen LogP contribution < -0.4 is 23.7 Å². The Hall–Kier alpha value is -2.93. The molecule has 2 aromatic rings. The van der Waals surface area contributed by atoms with Crippen LogP contribution in [0.1, 0.15) is 41.3 Å². The molecular formula is C23H22O7. The normalized spacial score (nSPS) is 31.0. The van der Waals surface area contributed by atoms with Crippen LogP contribution in [-0.2, 0) is 5.60 Å². The predicted octanol–water partition coefficient (Wildman–Crippen LogP) is 2.81. The molecule has 0 bridgehead atoms. The van der Waals surface area contributed by atoms with Crippen LogP contribution in [0.3, 0.4) is 0 Å². The average molecular weight is 410 g/mol. The van der Waals surface area contributed by atoms with Gasteiger partial charge in [0.15, 0.2) is 23.2 Å². The van der Waals surface area contributed by atoms with Crippen LogP contribution in [0.15, 0.2) is 24.3 Å². The Balaban J connectivity index is 1.51. The number of aliphatic hydroxyl groups is 1. The molecule has 3 aliphatic heterocycles. The van der Waals surface area contributed by atoms with Gasteiger partial charge in [0, 0.05) is 28.5 Å². The quantitative estimate of drug-likeness (QED) is 0.815. The minimum absolute atomic E-state index is 0.00185. The Morgan fingerprint density at radius 3 is 2.53 bits per heavy atom. The van der Waals surface area contributed by atoms with Crippen molar-refractivity contribution in [1.29, 1.82) is 0 Å². The van der Waals surface area contributed by atoms with Gasteiger partial charge in [0.1, 0.15) is 30.0 Å². The van der Waals surface area contributed by atoms with Gasteiger partial charge in [0.25, 0.3) is 0 Å². The molecule has 0 spiro atoms. The van der Waals surface area contributed by atoms with E-state index in [4.69, 9.17) is 23.7 Å². The molecule has 1 saturated carbocycles. The molecule has 7 heteroatoms. The van der Waals surface area contributed by atoms with Crippen LogP contribution >= 0.6 is 0 Å². The van der Waals surface area contributed by atoms with Crippen LogP contribution in [0.2, 0.25) is 0 Å². The summed E-state index contributed by atoms with van der Waals surface area (Å²) in [5, 5.41) is 11.7. The van der Waals surface area contributed by atoms with Crippen molar-refractivity contribution in [2.45, 2.75) is 37.6 Å². The fourth-order valence-corrected chi connectivity index (χ4v) is 5.23. The lowest BCUT2D eigenvalue weighted by Crippen LogP contribution is -2.57. The Morgan fingerprint density at radius 1 is 1.07 bits per heavy atom. The van der Waals surface area contributed by atoms with Gasteiger partial charge in [-0.05, 0) is 18.2 Å². The molecule has 0 amide bonds. The van der Waals surface area contributed by atoms with Crippen molar-refractivity contribution in [3.05, 3.63) is 41.0 Å². The zero-order valence-corrected chi connectivity index (χ0v) is 17.1. The molecule has 0 radical (unpaired) electrons. The molecule has 0 aromatic heterocycles. The molecule has 3 heterocycles. The number of carbonyl (C=O) groups is 1. The van der Waals surface area contributed by atoms with Gasteiger partial charge in [-0.3, -0.25) is 4.79 Å². The standard InChI is InChI=1S/C23H22O7/c1-22(2)18-17-12(29-21(18)22)6-5-10-19(17)30-16-9-28-13-8-15(27-4)14(26-3)7-11(13)23(16,25)20(10)24/h5-8,16,18,21,25H,9H2,1-4H3/t16-,18+,21+,23+/m0/s1. The van der Waals surface area contributed by atoms with E-state index < -0.39 is 17.5 Å². The van der Waals surface area contributed by atoms with E-state index in [-0.39, 0.29) is 24.0 Å². The van der Waals surface area contributed by atoms with Crippen molar-refractivity contribution in [1.82, 2.24) is 0 Å². The summed E-state index contributed by atoms with van der Waals surface area (Å²) in [6.45, 7) is 4.32. The maximum atomic E-state index is 13.7. The lowest BCUT2D eigenvalue weighted by atomic mass is 9.76. The molecule has 2 aromatic carbocycles. The first kappa shape index (κ1) is 17.9. The number of ketones is 1. The first-order chi connectivity index (χ1) is 14.3. The summed E-state index contributed by atoms with van der Waals surface area (Å²) in [6, 6.07) is 6.69. The number of methoxy groups -OCH3 is 2. The maximum absolute atomic E-state index is 13.7. The molecule has 6 rings (SSSR count). The number of benzene rings is 2. The van der Waals surface area contributed by atoms with E-state index in [9.17, 15) is 9.90 Å². The minimum Gasteiger partial charge on any atom is -0.493 e. The molecule has 0 unspecified atom stereocenters. The summed E-state index contributed by atoms with van der Waals surface area (Å²) >= 11 is 0. The van der Waals surface area contributed by atoms with Gasteiger partial charge in [0.2, 0.25) is 5.78 Å². The maximum Gasteiger partial charge on any atom is 0.206 e. The highest BCUT2D eigenvalue weighted by molar-refractivity contribution is 6.08. The molecular weight excluding hydrogens is 388 g/mol. The van der Waals surface area contributed by atoms with Crippen LogP contribution in [0.5, 0.6) is 28.7 Å². The number of fused-ring (bicyclic) bond motifs is 8. The Labute approximate surface area is 173 Å².